The summed E-state index contributed by atoms with van der Waals surface area (Å²) in [5, 5.41) is 13.7. The largest absolute Gasteiger partial charge is 0.506 e. The van der Waals surface area contributed by atoms with Gasteiger partial charge in [0.05, 0.1) is 15.5 Å². The van der Waals surface area contributed by atoms with Crippen LogP contribution < -0.4 is 10.0 Å². The summed E-state index contributed by atoms with van der Waals surface area (Å²) in [7, 11) is -2.45. The lowest BCUT2D eigenvalue weighted by Gasteiger charge is -2.08. The molecule has 0 aliphatic rings. The summed E-state index contributed by atoms with van der Waals surface area (Å²) in [6.07, 6.45) is 0. The van der Waals surface area contributed by atoms with Crippen molar-refractivity contribution >= 4 is 44.6 Å². The maximum Gasteiger partial charge on any atom is 0.262 e. The van der Waals surface area contributed by atoms with E-state index in [1.807, 2.05) is 0 Å². The van der Waals surface area contributed by atoms with Crippen molar-refractivity contribution in [2.24, 2.45) is 0 Å². The number of hydrogen-bond donors (Lipinski definition) is 3. The normalized spacial score (nSPS) is 11.1. The van der Waals surface area contributed by atoms with Gasteiger partial charge in [0.15, 0.2) is 0 Å². The molecule has 3 N–H and O–H groups in total. The third-order valence-electron chi connectivity index (χ3n) is 2.54. The smallest absolute Gasteiger partial charge is 0.262 e. The fraction of sp³-hybridized carbons (Fsp3) is 0.0833. The highest BCUT2D eigenvalue weighted by atomic mass is 35.5. The van der Waals surface area contributed by atoms with E-state index in [1.54, 1.807) is 0 Å². The number of phenolic OH excluding ortho intramolecular Hbond substituents is 1. The number of carbonyl (C=O) groups excluding carboxylic acids is 1. The Labute approximate surface area is 130 Å². The monoisotopic (exact) mass is 346 g/mol. The Kier molecular flexibility index (Phi) is 4.40. The highest BCUT2D eigenvalue weighted by Gasteiger charge is 2.20. The summed E-state index contributed by atoms with van der Waals surface area (Å²) in [6, 6.07) is 5.26. The Morgan fingerprint density at radius 2 is 2.05 bits per heavy atom. The molecule has 1 aromatic carbocycles. The van der Waals surface area contributed by atoms with Crippen molar-refractivity contribution in [3.8, 4) is 5.75 Å². The van der Waals surface area contributed by atoms with Gasteiger partial charge < -0.3 is 10.4 Å². The van der Waals surface area contributed by atoms with Crippen LogP contribution >= 0.6 is 22.9 Å². The predicted molar refractivity (Wildman–Crippen MR) is 81.6 cm³/mol. The van der Waals surface area contributed by atoms with Gasteiger partial charge in [0.1, 0.15) is 5.75 Å². The van der Waals surface area contributed by atoms with Crippen molar-refractivity contribution in [1.82, 2.24) is 5.32 Å². The standard InChI is InChI=1S/C12H11ClN2O4S2/c1-14-12(17)11-5-8(6-20-11)21(18,19)15-9-4-7(13)2-3-10(9)16/h2-6,15-16H,1H3,(H,14,17). The maximum atomic E-state index is 12.2. The van der Waals surface area contributed by atoms with Gasteiger partial charge in [0.2, 0.25) is 0 Å². The second-order valence-electron chi connectivity index (χ2n) is 3.99. The molecule has 2 rings (SSSR count). The second kappa shape index (κ2) is 5.92. The molecule has 0 fully saturated rings. The Hall–Kier alpha value is -1.77. The Morgan fingerprint density at radius 3 is 2.71 bits per heavy atom. The molecule has 0 unspecified atom stereocenters. The number of halogens is 1. The summed E-state index contributed by atoms with van der Waals surface area (Å²) in [5.74, 6) is -0.614. The van der Waals surface area contributed by atoms with Crippen molar-refractivity contribution < 1.29 is 18.3 Å². The van der Waals surface area contributed by atoms with E-state index in [-0.39, 0.29) is 32.1 Å². The van der Waals surface area contributed by atoms with Crippen molar-refractivity contribution in [2.45, 2.75) is 4.90 Å². The van der Waals surface area contributed by atoms with Crippen molar-refractivity contribution in [3.63, 3.8) is 0 Å². The number of sulfonamides is 1. The van der Waals surface area contributed by atoms with E-state index in [0.29, 0.717) is 0 Å². The SMILES string of the molecule is CNC(=O)c1cc(S(=O)(=O)Nc2cc(Cl)ccc2O)cs1. The van der Waals surface area contributed by atoms with Gasteiger partial charge in [-0.15, -0.1) is 11.3 Å². The zero-order valence-corrected chi connectivity index (χ0v) is 13.1. The Bertz CT molecular complexity index is 786. The number of aromatic hydroxyl groups is 1. The molecule has 0 saturated carbocycles. The lowest BCUT2D eigenvalue weighted by molar-refractivity contribution is 0.0967. The van der Waals surface area contributed by atoms with Crippen LogP contribution in [0.25, 0.3) is 0 Å². The van der Waals surface area contributed by atoms with Crippen LogP contribution in [-0.4, -0.2) is 26.5 Å². The van der Waals surface area contributed by atoms with E-state index in [0.717, 1.165) is 11.3 Å². The number of anilines is 1. The molecular weight excluding hydrogens is 336 g/mol. The van der Waals surface area contributed by atoms with Crippen LogP contribution in [0, 0.1) is 0 Å². The number of hydrogen-bond acceptors (Lipinski definition) is 5. The molecule has 0 radical (unpaired) electrons. The molecule has 9 heteroatoms. The van der Waals surface area contributed by atoms with E-state index in [2.05, 4.69) is 10.0 Å². The first-order chi connectivity index (χ1) is 9.83. The zero-order chi connectivity index (χ0) is 15.6. The van der Waals surface area contributed by atoms with Gasteiger partial charge in [-0.1, -0.05) is 11.6 Å². The fourth-order valence-electron chi connectivity index (χ4n) is 1.50. The van der Waals surface area contributed by atoms with Gasteiger partial charge in [0.25, 0.3) is 15.9 Å². The number of amides is 1. The number of phenols is 1. The van der Waals surface area contributed by atoms with E-state index < -0.39 is 10.0 Å². The predicted octanol–water partition coefficient (Wildman–Crippen LogP) is 2.27. The first-order valence-corrected chi connectivity index (χ1v) is 8.39. The minimum absolute atomic E-state index is 0.0322. The molecule has 0 aliphatic heterocycles. The maximum absolute atomic E-state index is 12.2. The summed E-state index contributed by atoms with van der Waals surface area (Å²) in [6.45, 7) is 0. The van der Waals surface area contributed by atoms with E-state index >= 15 is 0 Å². The summed E-state index contributed by atoms with van der Waals surface area (Å²) in [4.78, 5) is 11.6. The number of rotatable bonds is 4. The molecule has 0 spiro atoms. The minimum atomic E-state index is -3.91. The van der Waals surface area contributed by atoms with Crippen LogP contribution in [0.3, 0.4) is 0 Å². The molecule has 21 heavy (non-hydrogen) atoms. The van der Waals surface area contributed by atoms with Gasteiger partial charge >= 0.3 is 0 Å². The van der Waals surface area contributed by atoms with Gasteiger partial charge in [0, 0.05) is 17.5 Å². The highest BCUT2D eigenvalue weighted by molar-refractivity contribution is 7.92. The molecule has 112 valence electrons. The minimum Gasteiger partial charge on any atom is -0.506 e. The van der Waals surface area contributed by atoms with Crippen LogP contribution in [0.5, 0.6) is 5.75 Å². The Balaban J connectivity index is 2.32. The molecule has 0 bridgehead atoms. The molecule has 1 amide bonds. The van der Waals surface area contributed by atoms with Crippen molar-refractivity contribution in [2.75, 3.05) is 11.8 Å². The summed E-state index contributed by atoms with van der Waals surface area (Å²) >= 11 is 6.77. The lowest BCUT2D eigenvalue weighted by atomic mass is 10.3. The van der Waals surface area contributed by atoms with Gasteiger partial charge in [-0.3, -0.25) is 9.52 Å². The van der Waals surface area contributed by atoms with Gasteiger partial charge in [-0.25, -0.2) is 8.42 Å². The Morgan fingerprint density at radius 1 is 1.33 bits per heavy atom. The van der Waals surface area contributed by atoms with E-state index in [1.165, 1.54) is 36.7 Å². The third kappa shape index (κ3) is 3.46. The van der Waals surface area contributed by atoms with E-state index in [9.17, 15) is 18.3 Å². The third-order valence-corrected chi connectivity index (χ3v) is 5.20. The van der Waals surface area contributed by atoms with Crippen LogP contribution in [-0.2, 0) is 10.0 Å². The highest BCUT2D eigenvalue weighted by Crippen LogP contribution is 2.29. The molecule has 6 nitrogen and oxygen atoms in total. The first-order valence-electron chi connectivity index (χ1n) is 5.65. The molecule has 1 heterocycles. The average molecular weight is 347 g/mol. The quantitative estimate of drug-likeness (QED) is 0.740. The molecule has 0 atom stereocenters. The number of benzene rings is 1. The number of carbonyl (C=O) groups is 1. The zero-order valence-electron chi connectivity index (χ0n) is 10.8. The molecule has 1 aromatic heterocycles. The number of nitrogens with one attached hydrogen (secondary N) is 2. The number of thiophene rings is 1. The van der Waals surface area contributed by atoms with Crippen LogP contribution in [0.2, 0.25) is 5.02 Å². The van der Waals surface area contributed by atoms with Crippen molar-refractivity contribution in [1.29, 1.82) is 0 Å². The van der Waals surface area contributed by atoms with Gasteiger partial charge in [-0.05, 0) is 24.3 Å². The van der Waals surface area contributed by atoms with Crippen molar-refractivity contribution in [3.05, 3.63) is 39.5 Å². The van der Waals surface area contributed by atoms with Crippen LogP contribution in [0.15, 0.2) is 34.5 Å². The fourth-order valence-corrected chi connectivity index (χ4v) is 3.95. The molecule has 2 aromatic rings. The second-order valence-corrected chi connectivity index (χ2v) is 7.02. The average Bonchev–Trinajstić information content (AvgIpc) is 2.92. The van der Waals surface area contributed by atoms with Crippen LogP contribution in [0.1, 0.15) is 9.67 Å². The summed E-state index contributed by atoms with van der Waals surface area (Å²) in [5.41, 5.74) is -0.0322. The van der Waals surface area contributed by atoms with Crippen LogP contribution in [0.4, 0.5) is 5.69 Å². The topological polar surface area (TPSA) is 95.5 Å². The van der Waals surface area contributed by atoms with Gasteiger partial charge in [-0.2, -0.15) is 0 Å². The molecule has 0 aliphatic carbocycles. The summed E-state index contributed by atoms with van der Waals surface area (Å²) < 4.78 is 26.6. The van der Waals surface area contributed by atoms with E-state index in [4.69, 9.17) is 11.6 Å². The first kappa shape index (κ1) is 15.6. The molecular formula is C12H11ClN2O4S2. The lowest BCUT2D eigenvalue weighted by Crippen LogP contribution is -2.16. The molecule has 0 saturated heterocycles.